The highest BCUT2D eigenvalue weighted by Crippen LogP contribution is 2.15. The Morgan fingerprint density at radius 1 is 1.54 bits per heavy atom. The number of hydrazine groups is 1. The number of fused-ring (bicyclic) bond motifs is 1. The molecule has 5 nitrogen and oxygen atoms in total. The van der Waals surface area contributed by atoms with Gasteiger partial charge in [-0.05, 0) is 6.08 Å². The van der Waals surface area contributed by atoms with Gasteiger partial charge in [-0.15, -0.1) is 12.4 Å². The van der Waals surface area contributed by atoms with Gasteiger partial charge in [-0.3, -0.25) is 9.91 Å². The zero-order valence-corrected chi connectivity index (χ0v) is 7.62. The summed E-state index contributed by atoms with van der Waals surface area (Å²) in [5.41, 5.74) is 4.04. The average molecular weight is 204 g/mol. The highest BCUT2D eigenvalue weighted by molar-refractivity contribution is 5.85. The summed E-state index contributed by atoms with van der Waals surface area (Å²) in [6, 6.07) is 0. The van der Waals surface area contributed by atoms with Crippen molar-refractivity contribution in [3.8, 4) is 0 Å². The molecular weight excluding hydrogens is 194 g/mol. The van der Waals surface area contributed by atoms with E-state index in [2.05, 4.69) is 5.43 Å². The van der Waals surface area contributed by atoms with Crippen LogP contribution in [-0.2, 0) is 0 Å². The summed E-state index contributed by atoms with van der Waals surface area (Å²) < 4.78 is 0. The summed E-state index contributed by atoms with van der Waals surface area (Å²) in [4.78, 5) is 11.8. The van der Waals surface area contributed by atoms with Gasteiger partial charge in [0.25, 0.3) is 0 Å². The predicted octanol–water partition coefficient (Wildman–Crippen LogP) is 0.577. The van der Waals surface area contributed by atoms with Crippen molar-refractivity contribution in [1.29, 1.82) is 0 Å². The Kier molecular flexibility index (Phi) is 2.79. The van der Waals surface area contributed by atoms with Crippen LogP contribution in [0.1, 0.15) is 0 Å². The van der Waals surface area contributed by atoms with Crippen LogP contribution in [0.3, 0.4) is 0 Å². The molecule has 2 heterocycles. The number of nitrogens with one attached hydrogen (secondary N) is 1. The van der Waals surface area contributed by atoms with E-state index in [1.165, 1.54) is 11.1 Å². The number of hydrogen-bond acceptors (Lipinski definition) is 3. The first-order valence-corrected chi connectivity index (χ1v) is 3.67. The number of halogens is 1. The van der Waals surface area contributed by atoms with Crippen LogP contribution in [-0.4, -0.2) is 34.2 Å². The van der Waals surface area contributed by atoms with Crippen molar-refractivity contribution in [2.24, 2.45) is 0 Å². The second-order valence-electron chi connectivity index (χ2n) is 2.64. The van der Waals surface area contributed by atoms with E-state index < -0.39 is 6.09 Å². The standard InChI is InChI=1S/C7H9N3O2.ClH/c11-7(12)9-3-4-10-6(5-9)1-2-8-10;/h1,3-4,8H,2,5H2,(H,11,12);1H. The normalized spacial score (nSPS) is 19.2. The van der Waals surface area contributed by atoms with E-state index >= 15 is 0 Å². The molecule has 2 aliphatic rings. The first kappa shape index (κ1) is 9.88. The van der Waals surface area contributed by atoms with Crippen LogP contribution in [0, 0.1) is 0 Å². The molecule has 6 heteroatoms. The molecule has 0 aromatic carbocycles. The highest BCUT2D eigenvalue weighted by Gasteiger charge is 2.21. The second kappa shape index (κ2) is 3.68. The van der Waals surface area contributed by atoms with Gasteiger partial charge in [0, 0.05) is 18.9 Å². The maximum absolute atomic E-state index is 10.6. The number of nitrogens with zero attached hydrogens (tertiary/aromatic N) is 2. The zero-order valence-electron chi connectivity index (χ0n) is 6.80. The third-order valence-corrected chi connectivity index (χ3v) is 1.88. The molecule has 1 amide bonds. The monoisotopic (exact) mass is 203 g/mol. The first-order chi connectivity index (χ1) is 5.77. The lowest BCUT2D eigenvalue weighted by atomic mass is 10.3. The van der Waals surface area contributed by atoms with Gasteiger partial charge in [0.05, 0.1) is 12.2 Å². The molecule has 2 N–H and O–H groups in total. The third-order valence-electron chi connectivity index (χ3n) is 1.88. The lowest BCUT2D eigenvalue weighted by molar-refractivity contribution is 0.158. The van der Waals surface area contributed by atoms with Crippen LogP contribution in [0.5, 0.6) is 0 Å². The smallest absolute Gasteiger partial charge is 0.411 e. The van der Waals surface area contributed by atoms with E-state index in [0.717, 1.165) is 12.2 Å². The van der Waals surface area contributed by atoms with Crippen molar-refractivity contribution in [2.45, 2.75) is 0 Å². The fraction of sp³-hybridized carbons (Fsp3) is 0.286. The van der Waals surface area contributed by atoms with Gasteiger partial charge in [-0.25, -0.2) is 10.2 Å². The molecule has 0 aliphatic carbocycles. The van der Waals surface area contributed by atoms with Crippen LogP contribution in [0.2, 0.25) is 0 Å². The molecule has 0 saturated heterocycles. The average Bonchev–Trinajstić information content (AvgIpc) is 2.49. The van der Waals surface area contributed by atoms with Crippen LogP contribution in [0.25, 0.3) is 0 Å². The summed E-state index contributed by atoms with van der Waals surface area (Å²) >= 11 is 0. The third kappa shape index (κ3) is 1.76. The van der Waals surface area contributed by atoms with Gasteiger partial charge in [0.2, 0.25) is 0 Å². The SMILES string of the molecule is Cl.O=C(O)N1C=CN2NCC=C2C1. The Labute approximate surface area is 81.7 Å². The number of amides is 1. The molecule has 0 spiro atoms. The summed E-state index contributed by atoms with van der Waals surface area (Å²) in [6.07, 6.45) is 4.30. The molecular formula is C7H10ClN3O2. The molecule has 72 valence electrons. The summed E-state index contributed by atoms with van der Waals surface area (Å²) in [7, 11) is 0. The molecule has 0 fully saturated rings. The van der Waals surface area contributed by atoms with Crippen molar-refractivity contribution in [1.82, 2.24) is 15.3 Å². The van der Waals surface area contributed by atoms with Crippen LogP contribution >= 0.6 is 12.4 Å². The Morgan fingerprint density at radius 3 is 3.00 bits per heavy atom. The number of carboxylic acid groups (broad SMARTS) is 1. The van der Waals surface area contributed by atoms with Gasteiger partial charge in [-0.1, -0.05) is 0 Å². The Bertz CT molecular complexity index is 277. The first-order valence-electron chi connectivity index (χ1n) is 3.67. The molecule has 0 aromatic heterocycles. The quantitative estimate of drug-likeness (QED) is 0.605. The Morgan fingerprint density at radius 2 is 2.31 bits per heavy atom. The molecule has 2 aliphatic heterocycles. The van der Waals surface area contributed by atoms with E-state index in [1.54, 1.807) is 6.20 Å². The molecule has 0 saturated carbocycles. The van der Waals surface area contributed by atoms with E-state index in [0.29, 0.717) is 6.54 Å². The Balaban J connectivity index is 0.000000845. The van der Waals surface area contributed by atoms with Gasteiger partial charge in [0.1, 0.15) is 0 Å². The maximum Gasteiger partial charge on any atom is 0.411 e. The van der Waals surface area contributed by atoms with Crippen molar-refractivity contribution in [3.63, 3.8) is 0 Å². The van der Waals surface area contributed by atoms with Crippen LogP contribution in [0.15, 0.2) is 24.2 Å². The van der Waals surface area contributed by atoms with E-state index in [9.17, 15) is 4.79 Å². The van der Waals surface area contributed by atoms with E-state index in [1.807, 2.05) is 11.1 Å². The van der Waals surface area contributed by atoms with Crippen molar-refractivity contribution < 1.29 is 9.90 Å². The molecule has 0 unspecified atom stereocenters. The summed E-state index contributed by atoms with van der Waals surface area (Å²) in [6.45, 7) is 1.20. The number of rotatable bonds is 0. The topological polar surface area (TPSA) is 55.8 Å². The molecule has 13 heavy (non-hydrogen) atoms. The van der Waals surface area contributed by atoms with Crippen LogP contribution in [0.4, 0.5) is 4.79 Å². The fourth-order valence-corrected chi connectivity index (χ4v) is 1.26. The molecule has 0 bridgehead atoms. The highest BCUT2D eigenvalue weighted by atomic mass is 35.5. The largest absolute Gasteiger partial charge is 0.465 e. The summed E-state index contributed by atoms with van der Waals surface area (Å²) in [5.74, 6) is 0. The zero-order chi connectivity index (χ0) is 8.55. The minimum absolute atomic E-state index is 0. The predicted molar refractivity (Wildman–Crippen MR) is 49.0 cm³/mol. The minimum Gasteiger partial charge on any atom is -0.465 e. The summed E-state index contributed by atoms with van der Waals surface area (Å²) in [5, 5.41) is 10.5. The molecule has 0 aromatic rings. The van der Waals surface area contributed by atoms with Gasteiger partial charge in [-0.2, -0.15) is 0 Å². The van der Waals surface area contributed by atoms with Gasteiger partial charge < -0.3 is 5.11 Å². The van der Waals surface area contributed by atoms with E-state index in [-0.39, 0.29) is 12.4 Å². The van der Waals surface area contributed by atoms with Crippen LogP contribution < -0.4 is 5.43 Å². The lowest BCUT2D eigenvalue weighted by Crippen LogP contribution is -2.38. The van der Waals surface area contributed by atoms with E-state index in [4.69, 9.17) is 5.11 Å². The molecule has 2 rings (SSSR count). The van der Waals surface area contributed by atoms with Crippen molar-refractivity contribution in [2.75, 3.05) is 13.1 Å². The fourth-order valence-electron chi connectivity index (χ4n) is 1.26. The Hall–Kier alpha value is -1.20. The second-order valence-corrected chi connectivity index (χ2v) is 2.64. The lowest BCUT2D eigenvalue weighted by Gasteiger charge is -2.27. The minimum atomic E-state index is -0.918. The number of carbonyl (C=O) groups is 1. The van der Waals surface area contributed by atoms with Crippen molar-refractivity contribution in [3.05, 3.63) is 24.2 Å². The maximum atomic E-state index is 10.6. The van der Waals surface area contributed by atoms with Gasteiger partial charge in [0.15, 0.2) is 0 Å². The van der Waals surface area contributed by atoms with Crippen molar-refractivity contribution >= 4 is 18.5 Å². The number of hydrogen-bond donors (Lipinski definition) is 2. The molecule has 0 atom stereocenters. The van der Waals surface area contributed by atoms with Gasteiger partial charge >= 0.3 is 6.09 Å². The molecule has 0 radical (unpaired) electrons.